The Morgan fingerprint density at radius 3 is 0.941 bits per heavy atom. The third kappa shape index (κ3) is 6.92. The molecule has 0 N–H and O–H groups in total. The number of hydrogen-bond acceptors (Lipinski definition) is 0. The van der Waals surface area contributed by atoms with Gasteiger partial charge in [-0.1, -0.05) is 0 Å². The van der Waals surface area contributed by atoms with E-state index < -0.39 is 23.3 Å². The maximum Gasteiger partial charge on any atom is 4.00 e. The summed E-state index contributed by atoms with van der Waals surface area (Å²) in [4.78, 5) is 0. The van der Waals surface area contributed by atoms with Crippen molar-refractivity contribution in [3.05, 3.63) is 71.8 Å². The van der Waals surface area contributed by atoms with Crippen molar-refractivity contribution < 1.29 is 39.3 Å². The van der Waals surface area contributed by atoms with Crippen LogP contribution in [0.15, 0.2) is 36.4 Å². The van der Waals surface area contributed by atoms with E-state index in [0.717, 1.165) is 24.3 Å². The molecular weight excluding hydrogens is 268 g/mol. The summed E-state index contributed by atoms with van der Waals surface area (Å²) in [6.45, 7) is 0. The van der Waals surface area contributed by atoms with Crippen molar-refractivity contribution in [1.82, 2.24) is 0 Å². The van der Waals surface area contributed by atoms with Crippen LogP contribution in [0.4, 0.5) is 17.6 Å². The fraction of sp³-hybridized carbons (Fsp3) is 0. The monoisotopic (exact) mass is 274 g/mol. The van der Waals surface area contributed by atoms with Crippen LogP contribution in [0.1, 0.15) is 0 Å². The normalized spacial score (nSPS) is 8.71. The van der Waals surface area contributed by atoms with Crippen LogP contribution in [0.3, 0.4) is 0 Å². The Labute approximate surface area is 111 Å². The van der Waals surface area contributed by atoms with Crippen LogP contribution in [0, 0.1) is 35.4 Å². The Hall–Kier alpha value is -1.13. The molecule has 84 valence electrons. The van der Waals surface area contributed by atoms with E-state index in [9.17, 15) is 17.6 Å². The Kier molecular flexibility index (Phi) is 7.51. The van der Waals surface area contributed by atoms with Crippen LogP contribution in [0.5, 0.6) is 0 Å². The van der Waals surface area contributed by atoms with E-state index in [1.165, 1.54) is 12.1 Å². The van der Waals surface area contributed by atoms with Gasteiger partial charge in [-0.25, -0.2) is 17.6 Å². The molecule has 0 fully saturated rings. The minimum absolute atomic E-state index is 0. The Morgan fingerprint density at radius 2 is 0.824 bits per heavy atom. The molecule has 0 aliphatic heterocycles. The number of halogens is 4. The van der Waals surface area contributed by atoms with Crippen molar-refractivity contribution >= 4 is 0 Å². The summed E-state index contributed by atoms with van der Waals surface area (Å²) in [5.41, 5.74) is 0. The third-order valence-electron chi connectivity index (χ3n) is 1.45. The van der Waals surface area contributed by atoms with Crippen molar-refractivity contribution in [3.8, 4) is 0 Å². The smallest absolute Gasteiger partial charge is 0.236 e. The molecule has 0 aliphatic rings. The van der Waals surface area contributed by atoms with Crippen LogP contribution in [0.25, 0.3) is 0 Å². The van der Waals surface area contributed by atoms with Crippen LogP contribution < -0.4 is 0 Å². The molecule has 0 amide bonds. The van der Waals surface area contributed by atoms with E-state index in [1.807, 2.05) is 12.1 Å². The molecule has 2 aromatic carbocycles. The predicted molar refractivity (Wildman–Crippen MR) is 50.4 cm³/mol. The molecule has 5 heteroatoms. The molecule has 0 aromatic heterocycles. The standard InChI is InChI=1S/2C6H3F2.Ti/c2*7-5-2-1-3-6(8)4-5;/h2*1-3H;/q2*-1;+4. The second-order valence-corrected chi connectivity index (χ2v) is 2.69. The number of rotatable bonds is 0. The first kappa shape index (κ1) is 15.9. The first-order valence-electron chi connectivity index (χ1n) is 4.24. The van der Waals surface area contributed by atoms with Gasteiger partial charge < -0.3 is 0 Å². The van der Waals surface area contributed by atoms with E-state index in [2.05, 4.69) is 0 Å². The molecule has 0 spiro atoms. The topological polar surface area (TPSA) is 0 Å². The summed E-state index contributed by atoms with van der Waals surface area (Å²) in [5, 5.41) is 0. The Balaban J connectivity index is 0.000000284. The van der Waals surface area contributed by atoms with Gasteiger partial charge in [-0.2, -0.15) is 12.1 Å². The Morgan fingerprint density at radius 1 is 0.588 bits per heavy atom. The minimum atomic E-state index is -0.662. The molecule has 0 nitrogen and oxygen atoms in total. The van der Waals surface area contributed by atoms with E-state index in [-0.39, 0.29) is 21.7 Å². The maximum atomic E-state index is 11.9. The van der Waals surface area contributed by atoms with Gasteiger partial charge in [-0.05, 0) is 0 Å². The summed E-state index contributed by atoms with van der Waals surface area (Å²) in [6.07, 6.45) is 0. The average Bonchev–Trinajstić information content (AvgIpc) is 2.17. The van der Waals surface area contributed by atoms with E-state index in [0.29, 0.717) is 0 Å². The summed E-state index contributed by atoms with van der Waals surface area (Å²) < 4.78 is 47.5. The van der Waals surface area contributed by atoms with Gasteiger partial charge in [0.2, 0.25) is 0 Å². The number of hydrogen-bond donors (Lipinski definition) is 0. The zero-order valence-electron chi connectivity index (χ0n) is 8.48. The zero-order chi connectivity index (χ0) is 12.0. The first-order valence-corrected chi connectivity index (χ1v) is 4.24. The van der Waals surface area contributed by atoms with E-state index >= 15 is 0 Å². The second-order valence-electron chi connectivity index (χ2n) is 2.69. The molecular formula is C12H6F4Ti+2. The Bertz CT molecular complexity index is 382. The van der Waals surface area contributed by atoms with E-state index in [4.69, 9.17) is 0 Å². The second kappa shape index (κ2) is 8.04. The quantitative estimate of drug-likeness (QED) is 0.391. The molecule has 0 heterocycles. The van der Waals surface area contributed by atoms with Gasteiger partial charge in [-0.15, -0.1) is 36.4 Å². The third-order valence-corrected chi connectivity index (χ3v) is 1.45. The molecule has 17 heavy (non-hydrogen) atoms. The van der Waals surface area contributed by atoms with Crippen molar-refractivity contribution in [2.24, 2.45) is 0 Å². The minimum Gasteiger partial charge on any atom is -0.236 e. The van der Waals surface area contributed by atoms with Gasteiger partial charge in [0.05, 0.1) is 0 Å². The van der Waals surface area contributed by atoms with Crippen molar-refractivity contribution in [2.75, 3.05) is 0 Å². The zero-order valence-corrected chi connectivity index (χ0v) is 10.0. The fourth-order valence-electron chi connectivity index (χ4n) is 0.829. The average molecular weight is 274 g/mol. The van der Waals surface area contributed by atoms with Crippen LogP contribution in [-0.2, 0) is 21.7 Å². The molecule has 0 saturated heterocycles. The largest absolute Gasteiger partial charge is 4.00 e. The fourth-order valence-corrected chi connectivity index (χ4v) is 0.829. The number of benzene rings is 2. The molecule has 2 rings (SSSR count). The van der Waals surface area contributed by atoms with Crippen molar-refractivity contribution in [3.63, 3.8) is 0 Å². The first-order chi connectivity index (χ1) is 7.58. The van der Waals surface area contributed by atoms with Gasteiger partial charge in [0.25, 0.3) is 0 Å². The van der Waals surface area contributed by atoms with Crippen molar-refractivity contribution in [1.29, 1.82) is 0 Å². The molecule has 0 unspecified atom stereocenters. The summed E-state index contributed by atoms with van der Waals surface area (Å²) in [5.74, 6) is -2.65. The van der Waals surface area contributed by atoms with E-state index in [1.54, 1.807) is 0 Å². The summed E-state index contributed by atoms with van der Waals surface area (Å²) >= 11 is 0. The molecule has 0 saturated carbocycles. The van der Waals surface area contributed by atoms with Crippen LogP contribution in [0.2, 0.25) is 0 Å². The predicted octanol–water partition coefficient (Wildman–Crippen LogP) is 3.53. The summed E-state index contributed by atoms with van der Waals surface area (Å²) in [7, 11) is 0. The van der Waals surface area contributed by atoms with Gasteiger partial charge in [-0.3, -0.25) is 0 Å². The summed E-state index contributed by atoms with van der Waals surface area (Å²) in [6, 6.07) is 10.8. The van der Waals surface area contributed by atoms with Crippen LogP contribution in [-0.4, -0.2) is 0 Å². The van der Waals surface area contributed by atoms with Crippen LogP contribution >= 0.6 is 0 Å². The van der Waals surface area contributed by atoms with Gasteiger partial charge in [0.1, 0.15) is 0 Å². The van der Waals surface area contributed by atoms with Crippen molar-refractivity contribution in [2.45, 2.75) is 0 Å². The molecule has 0 aliphatic carbocycles. The van der Waals surface area contributed by atoms with Gasteiger partial charge >= 0.3 is 21.7 Å². The molecule has 0 radical (unpaired) electrons. The molecule has 0 atom stereocenters. The molecule has 2 aromatic rings. The maximum absolute atomic E-state index is 11.9. The molecule has 0 bridgehead atoms. The van der Waals surface area contributed by atoms with Gasteiger partial charge in [0.15, 0.2) is 0 Å². The van der Waals surface area contributed by atoms with Gasteiger partial charge in [0, 0.05) is 23.3 Å². The SMILES string of the molecule is Fc1[c-]c(F)ccc1.Fc1[c-]c(F)ccc1.[Ti+4].